The third-order valence-electron chi connectivity index (χ3n) is 11.6. The Morgan fingerprint density at radius 1 is 1.12 bits per heavy atom. The van der Waals surface area contributed by atoms with Crippen molar-refractivity contribution in [3.05, 3.63) is 24.5 Å². The van der Waals surface area contributed by atoms with Crippen molar-refractivity contribution in [1.82, 2.24) is 14.8 Å². The predicted octanol–water partition coefficient (Wildman–Crippen LogP) is 5.16. The Morgan fingerprint density at radius 2 is 2.00 bits per heavy atom. The summed E-state index contributed by atoms with van der Waals surface area (Å²) in [6.07, 6.45) is 15.6. The highest BCUT2D eigenvalue weighted by molar-refractivity contribution is 5.84. The summed E-state index contributed by atoms with van der Waals surface area (Å²) in [5, 5.41) is 16.2. The Morgan fingerprint density at radius 3 is 2.88 bits per heavy atom. The number of ketones is 1. The lowest BCUT2D eigenvalue weighted by atomic mass is 9.49. The van der Waals surface area contributed by atoms with Gasteiger partial charge in [-0.15, -0.1) is 0 Å². The maximum Gasteiger partial charge on any atom is 0.158 e. The molecule has 5 aliphatic rings. The van der Waals surface area contributed by atoms with Gasteiger partial charge in [0.1, 0.15) is 6.54 Å². The van der Waals surface area contributed by atoms with Crippen molar-refractivity contribution in [3.8, 4) is 0 Å². The van der Waals surface area contributed by atoms with Crippen molar-refractivity contribution in [1.29, 1.82) is 0 Å². The summed E-state index contributed by atoms with van der Waals surface area (Å²) in [6.45, 7) is 4.87. The van der Waals surface area contributed by atoms with E-state index in [-0.39, 0.29) is 11.3 Å². The molecule has 5 heteroatoms. The maximum absolute atomic E-state index is 13.7. The topological polar surface area (TPSA) is 68.0 Å². The molecule has 2 heterocycles. The molecule has 2 aromatic rings. The average Bonchev–Trinajstić information content (AvgIpc) is 3.11. The molecule has 0 radical (unpaired) electrons. The number of Topliss-reactive ketones (excluding diaryl/α,β-unsaturated/α-hetero) is 1. The Hall–Kier alpha value is -1.75. The third kappa shape index (κ3) is 2.61. The molecule has 176 valence electrons. The number of nitrogens with zero attached hydrogens (tertiary/aromatic N) is 3. The highest BCUT2D eigenvalue weighted by atomic mass is 16.3. The van der Waals surface area contributed by atoms with E-state index in [1.165, 1.54) is 44.9 Å². The number of aliphatic hydroxyl groups is 1. The molecule has 5 fully saturated rings. The smallest absolute Gasteiger partial charge is 0.158 e. The zero-order chi connectivity index (χ0) is 22.6. The van der Waals surface area contributed by atoms with Gasteiger partial charge in [-0.05, 0) is 117 Å². The summed E-state index contributed by atoms with van der Waals surface area (Å²) in [5.41, 5.74) is 1.52. The molecule has 33 heavy (non-hydrogen) atoms. The van der Waals surface area contributed by atoms with E-state index in [1.54, 1.807) is 6.20 Å². The largest absolute Gasteiger partial charge is 0.390 e. The van der Waals surface area contributed by atoms with Crippen LogP contribution in [0, 0.1) is 39.9 Å². The fourth-order valence-corrected chi connectivity index (χ4v) is 10.3. The lowest BCUT2D eigenvalue weighted by Gasteiger charge is -2.56. The number of hydrogen-bond donors (Lipinski definition) is 1. The van der Waals surface area contributed by atoms with Crippen LogP contribution >= 0.6 is 0 Å². The van der Waals surface area contributed by atoms with Gasteiger partial charge in [0.2, 0.25) is 0 Å². The van der Waals surface area contributed by atoms with Gasteiger partial charge < -0.3 is 5.11 Å². The molecule has 7 rings (SSSR count). The number of pyridine rings is 1. The molecular weight excluding hydrogens is 410 g/mol. The maximum atomic E-state index is 13.7. The van der Waals surface area contributed by atoms with Crippen LogP contribution in [0.3, 0.4) is 0 Å². The SMILES string of the molecule is CC1(O)CCC2C(CCC34CC23CCC2(C)C(C(=O)Cn3ncc5cccnc53)CCC24)C1. The minimum Gasteiger partial charge on any atom is -0.390 e. The van der Waals surface area contributed by atoms with Crippen LogP contribution in [0.15, 0.2) is 24.5 Å². The monoisotopic (exact) mass is 447 g/mol. The molecule has 5 nitrogen and oxygen atoms in total. The second kappa shape index (κ2) is 6.47. The molecule has 0 amide bonds. The van der Waals surface area contributed by atoms with Crippen LogP contribution in [-0.2, 0) is 11.3 Å². The molecule has 5 aliphatic carbocycles. The van der Waals surface area contributed by atoms with Crippen molar-refractivity contribution in [2.24, 2.45) is 39.9 Å². The van der Waals surface area contributed by atoms with Gasteiger partial charge in [-0.3, -0.25) is 4.79 Å². The van der Waals surface area contributed by atoms with Gasteiger partial charge in [-0.25, -0.2) is 9.67 Å². The Bertz CT molecular complexity index is 1140. The van der Waals surface area contributed by atoms with Gasteiger partial charge in [0, 0.05) is 17.5 Å². The molecule has 0 aromatic carbocycles. The average molecular weight is 448 g/mol. The summed E-state index contributed by atoms with van der Waals surface area (Å²) >= 11 is 0. The molecule has 0 bridgehead atoms. The summed E-state index contributed by atoms with van der Waals surface area (Å²) in [4.78, 5) is 18.1. The van der Waals surface area contributed by atoms with Gasteiger partial charge in [0.15, 0.2) is 11.4 Å². The van der Waals surface area contributed by atoms with Crippen LogP contribution in [-0.4, -0.2) is 31.3 Å². The molecule has 0 spiro atoms. The Balaban J connectivity index is 1.14. The van der Waals surface area contributed by atoms with Crippen molar-refractivity contribution in [3.63, 3.8) is 0 Å². The molecule has 1 N–H and O–H groups in total. The van der Waals surface area contributed by atoms with Crippen LogP contribution in [0.25, 0.3) is 11.0 Å². The quantitative estimate of drug-likeness (QED) is 0.705. The summed E-state index contributed by atoms with van der Waals surface area (Å²) in [5.74, 6) is 2.75. The van der Waals surface area contributed by atoms with Crippen LogP contribution in [0.4, 0.5) is 0 Å². The summed E-state index contributed by atoms with van der Waals surface area (Å²) < 4.78 is 1.82. The predicted molar refractivity (Wildman–Crippen MR) is 126 cm³/mol. The Kier molecular flexibility index (Phi) is 4.04. The number of aromatic nitrogens is 3. The molecule has 8 unspecified atom stereocenters. The van der Waals surface area contributed by atoms with Crippen LogP contribution in [0.1, 0.15) is 78.1 Å². The lowest BCUT2D eigenvalue weighted by Crippen LogP contribution is -2.51. The lowest BCUT2D eigenvalue weighted by molar-refractivity contribution is -0.133. The van der Waals surface area contributed by atoms with E-state index in [2.05, 4.69) is 23.9 Å². The second-order valence-corrected chi connectivity index (χ2v) is 13.0. The zero-order valence-electron chi connectivity index (χ0n) is 20.1. The number of carbonyl (C=O) groups is 1. The first-order chi connectivity index (χ1) is 15.8. The minimum absolute atomic E-state index is 0.139. The number of hydrogen-bond acceptors (Lipinski definition) is 4. The first-order valence-electron chi connectivity index (χ1n) is 13.3. The van der Waals surface area contributed by atoms with E-state index >= 15 is 0 Å². The second-order valence-electron chi connectivity index (χ2n) is 13.0. The molecular formula is C28H37N3O2. The van der Waals surface area contributed by atoms with Crippen molar-refractivity contribution < 1.29 is 9.90 Å². The highest BCUT2D eigenvalue weighted by Crippen LogP contribution is 2.87. The van der Waals surface area contributed by atoms with Crippen molar-refractivity contribution in [2.45, 2.75) is 90.2 Å². The Labute approximate surface area is 196 Å². The molecule has 0 aliphatic heterocycles. The van der Waals surface area contributed by atoms with Gasteiger partial charge in [0.05, 0.1) is 11.8 Å². The standard InChI is InChI=1S/C28H37N3O2/c1-25(33)9-8-20-18(14-25)7-10-28-17-27(20,28)12-11-26(2)21(5-6-23(26)28)22(32)16-31-24-19(15-30-31)4-3-13-29-24/h3-4,13,15,18,20-21,23,33H,5-12,14,16-17H2,1-2H3. The molecule has 8 atom stereocenters. The fourth-order valence-electron chi connectivity index (χ4n) is 10.3. The molecule has 0 saturated heterocycles. The summed E-state index contributed by atoms with van der Waals surface area (Å²) in [6, 6.07) is 3.93. The van der Waals surface area contributed by atoms with Gasteiger partial charge in [0.25, 0.3) is 0 Å². The van der Waals surface area contributed by atoms with E-state index in [4.69, 9.17) is 0 Å². The fraction of sp³-hybridized carbons (Fsp3) is 0.750. The molecule has 5 saturated carbocycles. The highest BCUT2D eigenvalue weighted by Gasteiger charge is 2.80. The number of carbonyl (C=O) groups excluding carboxylic acids is 1. The number of rotatable bonds is 3. The normalized spacial score (nSPS) is 48.0. The van der Waals surface area contributed by atoms with Crippen molar-refractivity contribution >= 4 is 16.8 Å². The van der Waals surface area contributed by atoms with Crippen LogP contribution < -0.4 is 0 Å². The first-order valence-corrected chi connectivity index (χ1v) is 13.3. The van der Waals surface area contributed by atoms with E-state index in [1.807, 2.05) is 23.0 Å². The number of fused-ring (bicyclic) bond motifs is 3. The van der Waals surface area contributed by atoms with E-state index in [0.717, 1.165) is 36.2 Å². The third-order valence-corrected chi connectivity index (χ3v) is 11.6. The van der Waals surface area contributed by atoms with Crippen LogP contribution in [0.2, 0.25) is 0 Å². The van der Waals surface area contributed by atoms with E-state index in [0.29, 0.717) is 35.0 Å². The summed E-state index contributed by atoms with van der Waals surface area (Å²) in [7, 11) is 0. The van der Waals surface area contributed by atoms with Crippen molar-refractivity contribution in [2.75, 3.05) is 0 Å². The van der Waals surface area contributed by atoms with E-state index < -0.39 is 5.60 Å². The minimum atomic E-state index is -0.452. The zero-order valence-corrected chi connectivity index (χ0v) is 20.1. The molecule has 2 aromatic heterocycles. The van der Waals surface area contributed by atoms with Gasteiger partial charge in [-0.2, -0.15) is 5.10 Å². The van der Waals surface area contributed by atoms with Gasteiger partial charge in [-0.1, -0.05) is 6.92 Å². The van der Waals surface area contributed by atoms with Crippen LogP contribution in [0.5, 0.6) is 0 Å². The van der Waals surface area contributed by atoms with E-state index in [9.17, 15) is 9.90 Å². The van der Waals surface area contributed by atoms with Gasteiger partial charge >= 0.3 is 0 Å². The first kappa shape index (κ1) is 20.6.